The zero-order valence-corrected chi connectivity index (χ0v) is 15.8. The van der Waals surface area contributed by atoms with Gasteiger partial charge in [0.1, 0.15) is 5.25 Å². The van der Waals surface area contributed by atoms with Gasteiger partial charge >= 0.3 is 0 Å². The third-order valence-electron chi connectivity index (χ3n) is 5.07. The van der Waals surface area contributed by atoms with E-state index in [0.717, 1.165) is 28.5 Å². The molecule has 2 amide bonds. The van der Waals surface area contributed by atoms with Gasteiger partial charge in [0, 0.05) is 5.56 Å². The molecule has 4 rings (SSSR count). The number of benzene rings is 2. The number of carbonyl (C=O) groups is 2. The second-order valence-corrected chi connectivity index (χ2v) is 8.02. The van der Waals surface area contributed by atoms with Crippen molar-refractivity contribution in [2.75, 3.05) is 4.90 Å². The summed E-state index contributed by atoms with van der Waals surface area (Å²) < 4.78 is 0. The van der Waals surface area contributed by atoms with Gasteiger partial charge in [0.25, 0.3) is 11.8 Å². The molecule has 2 aromatic carbocycles. The van der Waals surface area contributed by atoms with E-state index in [9.17, 15) is 14.7 Å². The number of hydrogen-bond acceptors (Lipinski definition) is 5. The quantitative estimate of drug-likeness (QED) is 0.848. The predicted molar refractivity (Wildman–Crippen MR) is 105 cm³/mol. The van der Waals surface area contributed by atoms with Gasteiger partial charge in [0.2, 0.25) is 0 Å². The number of thioether (sulfide) groups is 1. The smallest absolute Gasteiger partial charge is 0.265 e. The second kappa shape index (κ2) is 6.21. The first kappa shape index (κ1) is 17.8. The lowest BCUT2D eigenvalue weighted by Crippen LogP contribution is -2.49. The molecule has 2 unspecified atom stereocenters. The Hall–Kier alpha value is -2.64. The molecular weight excluding hydrogens is 362 g/mol. The van der Waals surface area contributed by atoms with Gasteiger partial charge in [-0.25, -0.2) is 0 Å². The highest BCUT2D eigenvalue weighted by Gasteiger charge is 2.59. The van der Waals surface area contributed by atoms with Gasteiger partial charge in [-0.15, -0.1) is 0 Å². The lowest BCUT2D eigenvalue weighted by atomic mass is 9.91. The standard InChI is InChI=1S/C20H19N3O3S/c1-11-7-8-12(2)13(9-11)10-23-15-6-4-3-5-14(15)20(26,18(23)25)16-17(24)22-19(21)27-16/h3-9,16,26H,10H2,1-2H3,(H2,21,22,24). The predicted octanol–water partition coefficient (Wildman–Crippen LogP) is 1.99. The maximum Gasteiger partial charge on any atom is 0.265 e. The molecule has 0 aliphatic carbocycles. The van der Waals surface area contributed by atoms with Gasteiger partial charge in [-0.3, -0.25) is 9.59 Å². The number of hydrogen-bond donors (Lipinski definition) is 2. The van der Waals surface area contributed by atoms with Crippen molar-refractivity contribution in [1.82, 2.24) is 0 Å². The summed E-state index contributed by atoms with van der Waals surface area (Å²) in [6.07, 6.45) is 0. The van der Waals surface area contributed by atoms with Crippen LogP contribution in [0.25, 0.3) is 0 Å². The van der Waals surface area contributed by atoms with Crippen LogP contribution >= 0.6 is 11.8 Å². The summed E-state index contributed by atoms with van der Waals surface area (Å²) in [4.78, 5) is 30.9. The Balaban J connectivity index is 1.78. The van der Waals surface area contributed by atoms with Gasteiger partial charge in [0.15, 0.2) is 10.8 Å². The molecular formula is C20H19N3O3S. The number of amidine groups is 1. The Morgan fingerprint density at radius 2 is 1.96 bits per heavy atom. The van der Waals surface area contributed by atoms with Gasteiger partial charge in [-0.1, -0.05) is 53.7 Å². The van der Waals surface area contributed by atoms with Gasteiger partial charge in [-0.05, 0) is 31.0 Å². The van der Waals surface area contributed by atoms with Crippen molar-refractivity contribution in [3.8, 4) is 0 Å². The minimum atomic E-state index is -1.99. The summed E-state index contributed by atoms with van der Waals surface area (Å²) in [5.41, 5.74) is 7.82. The third kappa shape index (κ3) is 2.65. The number of nitrogens with zero attached hydrogens (tertiary/aromatic N) is 2. The van der Waals surface area contributed by atoms with Gasteiger partial charge in [-0.2, -0.15) is 4.99 Å². The molecule has 2 heterocycles. The molecule has 0 bridgehead atoms. The van der Waals surface area contributed by atoms with Crippen LogP contribution in [0.3, 0.4) is 0 Å². The topological polar surface area (TPSA) is 96.0 Å². The molecule has 6 nitrogen and oxygen atoms in total. The molecule has 7 heteroatoms. The van der Waals surface area contributed by atoms with Crippen LogP contribution in [0.5, 0.6) is 0 Å². The number of anilines is 1. The highest BCUT2D eigenvalue weighted by atomic mass is 32.2. The number of rotatable bonds is 3. The molecule has 138 valence electrons. The number of para-hydroxylation sites is 1. The van der Waals surface area contributed by atoms with Crippen molar-refractivity contribution in [3.05, 3.63) is 64.7 Å². The molecule has 0 spiro atoms. The molecule has 2 aliphatic rings. The number of amides is 2. The largest absolute Gasteiger partial charge is 0.378 e. The zero-order valence-electron chi connectivity index (χ0n) is 15.0. The molecule has 0 aromatic heterocycles. The van der Waals surface area contributed by atoms with Crippen molar-refractivity contribution < 1.29 is 14.7 Å². The fourth-order valence-corrected chi connectivity index (χ4v) is 4.58. The number of nitrogens with two attached hydrogens (primary N) is 1. The van der Waals surface area contributed by atoms with Crippen molar-refractivity contribution in [2.24, 2.45) is 10.7 Å². The van der Waals surface area contributed by atoms with Gasteiger partial charge < -0.3 is 15.7 Å². The van der Waals surface area contributed by atoms with Crippen LogP contribution in [0.2, 0.25) is 0 Å². The summed E-state index contributed by atoms with van der Waals surface area (Å²) in [6.45, 7) is 4.29. The van der Waals surface area contributed by atoms with Crippen molar-refractivity contribution in [3.63, 3.8) is 0 Å². The Morgan fingerprint density at radius 1 is 1.22 bits per heavy atom. The van der Waals surface area contributed by atoms with Crippen LogP contribution in [0, 0.1) is 13.8 Å². The maximum absolute atomic E-state index is 13.3. The van der Waals surface area contributed by atoms with Crippen LogP contribution in [0.15, 0.2) is 47.5 Å². The van der Waals surface area contributed by atoms with Crippen molar-refractivity contribution in [1.29, 1.82) is 0 Å². The molecule has 2 aromatic rings. The SMILES string of the molecule is Cc1ccc(C)c(CN2C(=O)C(O)(C3SC(N)=NC3=O)c3ccccc32)c1. The minimum absolute atomic E-state index is 0.0664. The normalized spacial score (nSPS) is 24.3. The van der Waals surface area contributed by atoms with E-state index in [1.807, 2.05) is 38.1 Å². The highest BCUT2D eigenvalue weighted by Crippen LogP contribution is 2.47. The number of aliphatic hydroxyl groups is 1. The Kier molecular flexibility index (Phi) is 4.09. The number of fused-ring (bicyclic) bond motifs is 1. The lowest BCUT2D eigenvalue weighted by Gasteiger charge is -2.27. The second-order valence-electron chi connectivity index (χ2n) is 6.89. The molecule has 0 radical (unpaired) electrons. The van der Waals surface area contributed by atoms with Crippen LogP contribution in [-0.4, -0.2) is 27.3 Å². The summed E-state index contributed by atoms with van der Waals surface area (Å²) >= 11 is 0.932. The number of carbonyl (C=O) groups excluding carboxylic acids is 2. The van der Waals surface area contributed by atoms with E-state index in [2.05, 4.69) is 4.99 Å². The first-order valence-corrected chi connectivity index (χ1v) is 9.45. The third-order valence-corrected chi connectivity index (χ3v) is 6.18. The zero-order chi connectivity index (χ0) is 19.3. The molecule has 0 fully saturated rings. The molecule has 2 aliphatic heterocycles. The van der Waals surface area contributed by atoms with E-state index in [1.165, 1.54) is 0 Å². The fraction of sp³-hybridized carbons (Fsp3) is 0.250. The summed E-state index contributed by atoms with van der Waals surface area (Å²) in [5.74, 6) is -1.11. The Morgan fingerprint density at radius 3 is 2.67 bits per heavy atom. The van der Waals surface area contributed by atoms with Gasteiger partial charge in [0.05, 0.1) is 12.2 Å². The summed E-state index contributed by atoms with van der Waals surface area (Å²) in [6, 6.07) is 13.1. The molecule has 3 N–H and O–H groups in total. The Labute approximate surface area is 161 Å². The highest BCUT2D eigenvalue weighted by molar-refractivity contribution is 8.15. The van der Waals surface area contributed by atoms with E-state index in [0.29, 0.717) is 17.8 Å². The summed E-state index contributed by atoms with van der Waals surface area (Å²) in [7, 11) is 0. The monoisotopic (exact) mass is 381 g/mol. The van der Waals surface area contributed by atoms with E-state index in [4.69, 9.17) is 5.73 Å². The van der Waals surface area contributed by atoms with E-state index in [-0.39, 0.29) is 5.17 Å². The maximum atomic E-state index is 13.3. The first-order chi connectivity index (χ1) is 12.8. The lowest BCUT2D eigenvalue weighted by molar-refractivity contribution is -0.140. The average molecular weight is 381 g/mol. The van der Waals surface area contributed by atoms with Crippen molar-refractivity contribution in [2.45, 2.75) is 31.2 Å². The molecule has 0 saturated heterocycles. The van der Waals surface area contributed by atoms with E-state index < -0.39 is 22.7 Å². The number of aryl methyl sites for hydroxylation is 2. The fourth-order valence-electron chi connectivity index (χ4n) is 3.64. The molecule has 2 atom stereocenters. The van der Waals surface area contributed by atoms with Crippen LogP contribution in [-0.2, 0) is 21.7 Å². The minimum Gasteiger partial charge on any atom is -0.378 e. The first-order valence-electron chi connectivity index (χ1n) is 8.57. The molecule has 0 saturated carbocycles. The molecule has 27 heavy (non-hydrogen) atoms. The number of aliphatic imine (C=N–C) groups is 1. The Bertz CT molecular complexity index is 1000. The average Bonchev–Trinajstić information content (AvgIpc) is 3.09. The van der Waals surface area contributed by atoms with E-state index in [1.54, 1.807) is 23.1 Å². The van der Waals surface area contributed by atoms with Crippen LogP contribution < -0.4 is 10.6 Å². The van der Waals surface area contributed by atoms with Crippen LogP contribution in [0.4, 0.5) is 5.69 Å². The van der Waals surface area contributed by atoms with Crippen LogP contribution in [0.1, 0.15) is 22.3 Å². The van der Waals surface area contributed by atoms with Crippen molar-refractivity contribution >= 4 is 34.4 Å². The summed E-state index contributed by atoms with van der Waals surface area (Å²) in [5, 5.41) is 10.4. The van der Waals surface area contributed by atoms with E-state index >= 15 is 0 Å².